The van der Waals surface area contributed by atoms with Gasteiger partial charge in [-0.1, -0.05) is 37.3 Å². The van der Waals surface area contributed by atoms with Crippen LogP contribution in [0.25, 0.3) is 6.08 Å². The lowest BCUT2D eigenvalue weighted by Crippen LogP contribution is -2.24. The second-order valence-corrected chi connectivity index (χ2v) is 7.09. The monoisotopic (exact) mass is 396 g/mol. The van der Waals surface area contributed by atoms with E-state index < -0.39 is 5.97 Å². The van der Waals surface area contributed by atoms with Crippen molar-refractivity contribution in [2.75, 3.05) is 18.6 Å². The van der Waals surface area contributed by atoms with Gasteiger partial charge in [0.2, 0.25) is 0 Å². The highest BCUT2D eigenvalue weighted by atomic mass is 32.2. The Hall–Kier alpha value is -3.06. The molecule has 1 amide bonds. The van der Waals surface area contributed by atoms with Gasteiger partial charge in [-0.15, -0.1) is 0 Å². The zero-order chi connectivity index (χ0) is 20.1. The minimum absolute atomic E-state index is 0.150. The van der Waals surface area contributed by atoms with Crippen molar-refractivity contribution < 1.29 is 19.4 Å². The SMILES string of the molecule is CCCOc1ccccc1/C=C1\SC(N(C)c2ccccc2C(=O)O)=NC1=O. The first-order valence-electron chi connectivity index (χ1n) is 8.81. The van der Waals surface area contributed by atoms with Gasteiger partial charge in [-0.05, 0) is 42.5 Å². The number of ether oxygens (including phenoxy) is 1. The minimum atomic E-state index is -1.03. The summed E-state index contributed by atoms with van der Waals surface area (Å²) in [6.07, 6.45) is 2.64. The number of carbonyl (C=O) groups is 2. The fourth-order valence-electron chi connectivity index (χ4n) is 2.68. The predicted molar refractivity (Wildman–Crippen MR) is 112 cm³/mol. The number of aromatic carboxylic acids is 1. The van der Waals surface area contributed by atoms with Crippen molar-refractivity contribution in [2.24, 2.45) is 4.99 Å². The highest BCUT2D eigenvalue weighted by molar-refractivity contribution is 8.18. The molecule has 6 nitrogen and oxygen atoms in total. The van der Waals surface area contributed by atoms with Crippen molar-refractivity contribution in [1.29, 1.82) is 0 Å². The van der Waals surface area contributed by atoms with Crippen LogP contribution in [0.2, 0.25) is 0 Å². The summed E-state index contributed by atoms with van der Waals surface area (Å²) in [6, 6.07) is 14.1. The highest BCUT2D eigenvalue weighted by Crippen LogP contribution is 2.34. The lowest BCUT2D eigenvalue weighted by molar-refractivity contribution is -0.113. The summed E-state index contributed by atoms with van der Waals surface area (Å²) in [6.45, 7) is 2.63. The largest absolute Gasteiger partial charge is 0.493 e. The number of thioether (sulfide) groups is 1. The van der Waals surface area contributed by atoms with Crippen LogP contribution in [0, 0.1) is 0 Å². The number of nitrogens with zero attached hydrogens (tertiary/aromatic N) is 2. The molecule has 7 heteroatoms. The van der Waals surface area contributed by atoms with Gasteiger partial charge in [-0.2, -0.15) is 4.99 Å². The topological polar surface area (TPSA) is 79.2 Å². The van der Waals surface area contributed by atoms with E-state index in [-0.39, 0.29) is 11.5 Å². The van der Waals surface area contributed by atoms with Crippen molar-refractivity contribution in [3.8, 4) is 5.75 Å². The Morgan fingerprint density at radius 3 is 2.68 bits per heavy atom. The summed E-state index contributed by atoms with van der Waals surface area (Å²) in [5.41, 5.74) is 1.43. The summed E-state index contributed by atoms with van der Waals surface area (Å²) < 4.78 is 5.74. The van der Waals surface area contributed by atoms with Crippen molar-refractivity contribution >= 4 is 40.6 Å². The van der Waals surface area contributed by atoms with Crippen LogP contribution in [0.15, 0.2) is 58.4 Å². The number of para-hydroxylation sites is 2. The molecular weight excluding hydrogens is 376 g/mol. The minimum Gasteiger partial charge on any atom is -0.493 e. The average molecular weight is 396 g/mol. The maximum absolute atomic E-state index is 12.4. The molecule has 0 radical (unpaired) electrons. The molecule has 2 aromatic rings. The molecule has 0 aromatic heterocycles. The van der Waals surface area contributed by atoms with Gasteiger partial charge in [0.1, 0.15) is 5.75 Å². The van der Waals surface area contributed by atoms with E-state index in [2.05, 4.69) is 4.99 Å². The number of carbonyl (C=O) groups excluding carboxylic acids is 1. The summed E-state index contributed by atoms with van der Waals surface area (Å²) >= 11 is 1.21. The maximum atomic E-state index is 12.4. The second-order valence-electron chi connectivity index (χ2n) is 6.08. The third-order valence-electron chi connectivity index (χ3n) is 4.06. The maximum Gasteiger partial charge on any atom is 0.337 e. The van der Waals surface area contributed by atoms with Crippen LogP contribution in [0.1, 0.15) is 29.3 Å². The molecule has 144 valence electrons. The van der Waals surface area contributed by atoms with Crippen LogP contribution in [-0.4, -0.2) is 35.8 Å². The standard InChI is InChI=1S/C21H20N2O4S/c1-3-12-27-17-11-7-4-8-14(17)13-18-19(24)22-21(28-18)23(2)16-10-6-5-9-15(16)20(25)26/h4-11,13H,3,12H2,1-2H3,(H,25,26)/b18-13-. The van der Waals surface area contributed by atoms with Gasteiger partial charge in [0.15, 0.2) is 5.17 Å². The molecule has 0 saturated heterocycles. The van der Waals surface area contributed by atoms with Crippen LogP contribution >= 0.6 is 11.8 Å². The van der Waals surface area contributed by atoms with E-state index in [9.17, 15) is 14.7 Å². The molecule has 1 aliphatic heterocycles. The predicted octanol–water partition coefficient (Wildman–Crippen LogP) is 4.28. The molecule has 0 unspecified atom stereocenters. The van der Waals surface area contributed by atoms with E-state index in [0.29, 0.717) is 28.1 Å². The lowest BCUT2D eigenvalue weighted by Gasteiger charge is -2.19. The molecule has 0 aliphatic carbocycles. The molecule has 28 heavy (non-hydrogen) atoms. The molecule has 1 heterocycles. The van der Waals surface area contributed by atoms with E-state index in [4.69, 9.17) is 4.74 Å². The van der Waals surface area contributed by atoms with E-state index in [1.54, 1.807) is 36.2 Å². The first-order chi connectivity index (χ1) is 13.5. The zero-order valence-corrected chi connectivity index (χ0v) is 16.4. The molecule has 3 rings (SSSR count). The van der Waals surface area contributed by atoms with Gasteiger partial charge < -0.3 is 14.7 Å². The number of benzene rings is 2. The lowest BCUT2D eigenvalue weighted by atomic mass is 10.1. The number of hydrogen-bond acceptors (Lipinski definition) is 5. The summed E-state index contributed by atoms with van der Waals surface area (Å²) in [5.74, 6) is -0.677. The molecule has 0 bridgehead atoms. The van der Waals surface area contributed by atoms with Crippen LogP contribution in [0.5, 0.6) is 5.75 Å². The number of carboxylic acid groups (broad SMARTS) is 1. The molecule has 0 saturated carbocycles. The number of amides is 1. The number of rotatable bonds is 6. The number of hydrogen-bond donors (Lipinski definition) is 1. The number of aliphatic imine (C=N–C) groups is 1. The molecule has 1 N–H and O–H groups in total. The van der Waals surface area contributed by atoms with Crippen molar-refractivity contribution in [3.05, 3.63) is 64.6 Å². The third kappa shape index (κ3) is 4.26. The first kappa shape index (κ1) is 19.7. The third-order valence-corrected chi connectivity index (χ3v) is 5.12. The Balaban J connectivity index is 1.85. The van der Waals surface area contributed by atoms with Crippen LogP contribution in [-0.2, 0) is 4.79 Å². The van der Waals surface area contributed by atoms with E-state index in [1.807, 2.05) is 31.2 Å². The van der Waals surface area contributed by atoms with Crippen LogP contribution in [0.3, 0.4) is 0 Å². The molecule has 2 aromatic carbocycles. The number of amidine groups is 1. The Bertz CT molecular complexity index is 968. The highest BCUT2D eigenvalue weighted by Gasteiger charge is 2.27. The number of carboxylic acids is 1. The van der Waals surface area contributed by atoms with Crippen molar-refractivity contribution in [3.63, 3.8) is 0 Å². The van der Waals surface area contributed by atoms with Crippen molar-refractivity contribution in [1.82, 2.24) is 0 Å². The quantitative estimate of drug-likeness (QED) is 0.734. The smallest absolute Gasteiger partial charge is 0.337 e. The first-order valence-corrected chi connectivity index (χ1v) is 9.63. The Labute approximate surface area is 167 Å². The molecular formula is C21H20N2O4S. The fraction of sp³-hybridized carbons (Fsp3) is 0.190. The van der Waals surface area contributed by atoms with Gasteiger partial charge in [-0.3, -0.25) is 4.79 Å². The molecule has 0 fully saturated rings. The van der Waals surface area contributed by atoms with Crippen LogP contribution < -0.4 is 9.64 Å². The van der Waals surface area contributed by atoms with E-state index in [1.165, 1.54) is 17.8 Å². The molecule has 1 aliphatic rings. The Kier molecular flexibility index (Phi) is 6.16. The van der Waals surface area contributed by atoms with Gasteiger partial charge in [0.25, 0.3) is 5.91 Å². The molecule has 0 spiro atoms. The Morgan fingerprint density at radius 2 is 1.93 bits per heavy atom. The average Bonchev–Trinajstić information content (AvgIpc) is 3.07. The van der Waals surface area contributed by atoms with E-state index >= 15 is 0 Å². The van der Waals surface area contributed by atoms with Crippen molar-refractivity contribution in [2.45, 2.75) is 13.3 Å². The van der Waals surface area contributed by atoms with Gasteiger partial charge in [-0.25, -0.2) is 4.79 Å². The summed E-state index contributed by atoms with van der Waals surface area (Å²) in [7, 11) is 1.70. The Morgan fingerprint density at radius 1 is 1.21 bits per heavy atom. The van der Waals surface area contributed by atoms with Gasteiger partial charge in [0.05, 0.1) is 22.8 Å². The number of anilines is 1. The second kappa shape index (κ2) is 8.75. The summed E-state index contributed by atoms with van der Waals surface area (Å²) in [4.78, 5) is 30.1. The fourth-order valence-corrected chi connectivity index (χ4v) is 3.56. The normalized spacial score (nSPS) is 14.9. The van der Waals surface area contributed by atoms with Crippen LogP contribution in [0.4, 0.5) is 5.69 Å². The molecule has 0 atom stereocenters. The summed E-state index contributed by atoms with van der Waals surface area (Å²) in [5, 5.41) is 9.82. The van der Waals surface area contributed by atoms with Gasteiger partial charge >= 0.3 is 5.97 Å². The zero-order valence-electron chi connectivity index (χ0n) is 15.6. The van der Waals surface area contributed by atoms with E-state index in [0.717, 1.165) is 12.0 Å². The van der Waals surface area contributed by atoms with Gasteiger partial charge in [0, 0.05) is 12.6 Å².